The first kappa shape index (κ1) is 13.3. The van der Waals surface area contributed by atoms with E-state index >= 15 is 0 Å². The van der Waals surface area contributed by atoms with Gasteiger partial charge in [-0.1, -0.05) is 34.1 Å². The number of benzene rings is 1. The maximum absolute atomic E-state index is 11.9. The monoisotopic (exact) mass is 323 g/mol. The van der Waals surface area contributed by atoms with Crippen LogP contribution in [0.4, 0.5) is 0 Å². The summed E-state index contributed by atoms with van der Waals surface area (Å²) in [6.45, 7) is 2.02. The molecule has 0 aliphatic heterocycles. The average molecular weight is 324 g/mol. The molecule has 0 saturated carbocycles. The Morgan fingerprint density at radius 2 is 2.06 bits per heavy atom. The summed E-state index contributed by atoms with van der Waals surface area (Å²) in [6.07, 6.45) is 0.838. The van der Waals surface area contributed by atoms with E-state index in [4.69, 9.17) is 0 Å². The van der Waals surface area contributed by atoms with Crippen molar-refractivity contribution in [2.24, 2.45) is 0 Å². The van der Waals surface area contributed by atoms with E-state index in [9.17, 15) is 4.79 Å². The molecule has 1 N–H and O–H groups in total. The molecule has 0 fully saturated rings. The van der Waals surface area contributed by atoms with Crippen LogP contribution in [0.2, 0.25) is 0 Å². The lowest BCUT2D eigenvalue weighted by Crippen LogP contribution is -2.33. The fraction of sp³-hybridized carbons (Fsp3) is 0.214. The van der Waals surface area contributed by atoms with Crippen LogP contribution in [0, 0.1) is 0 Å². The number of hydrogen-bond acceptors (Lipinski definition) is 2. The predicted octanol–water partition coefficient (Wildman–Crippen LogP) is 3.87. The Balaban J connectivity index is 1.90. The molecule has 1 aromatic heterocycles. The van der Waals surface area contributed by atoms with E-state index in [-0.39, 0.29) is 11.9 Å². The van der Waals surface area contributed by atoms with Crippen molar-refractivity contribution in [1.82, 2.24) is 5.32 Å². The van der Waals surface area contributed by atoms with Crippen LogP contribution in [0.5, 0.6) is 0 Å². The lowest BCUT2D eigenvalue weighted by atomic mass is 10.1. The maximum Gasteiger partial charge on any atom is 0.261 e. The highest BCUT2D eigenvalue weighted by Gasteiger charge is 2.10. The molecule has 0 unspecified atom stereocenters. The van der Waals surface area contributed by atoms with Gasteiger partial charge in [0, 0.05) is 10.5 Å². The van der Waals surface area contributed by atoms with Crippen LogP contribution < -0.4 is 5.32 Å². The zero-order chi connectivity index (χ0) is 13.0. The van der Waals surface area contributed by atoms with Crippen molar-refractivity contribution in [3.63, 3.8) is 0 Å². The van der Waals surface area contributed by atoms with Crippen molar-refractivity contribution in [2.45, 2.75) is 19.4 Å². The van der Waals surface area contributed by atoms with Crippen molar-refractivity contribution >= 4 is 33.2 Å². The smallest absolute Gasteiger partial charge is 0.261 e. The van der Waals surface area contributed by atoms with E-state index in [2.05, 4.69) is 33.4 Å². The van der Waals surface area contributed by atoms with E-state index in [0.717, 1.165) is 15.8 Å². The van der Waals surface area contributed by atoms with Crippen molar-refractivity contribution in [3.05, 3.63) is 56.7 Å². The molecule has 2 rings (SSSR count). The molecule has 1 atom stereocenters. The molecular weight excluding hydrogens is 310 g/mol. The van der Waals surface area contributed by atoms with E-state index in [1.165, 1.54) is 16.9 Å². The molecule has 2 nitrogen and oxygen atoms in total. The number of hydrogen-bond donors (Lipinski definition) is 1. The third kappa shape index (κ3) is 3.68. The molecule has 0 aliphatic rings. The zero-order valence-electron chi connectivity index (χ0n) is 10.0. The van der Waals surface area contributed by atoms with Crippen molar-refractivity contribution in [2.75, 3.05) is 0 Å². The number of amides is 1. The van der Waals surface area contributed by atoms with Crippen LogP contribution in [0.3, 0.4) is 0 Å². The van der Waals surface area contributed by atoms with Crippen LogP contribution in [0.1, 0.15) is 22.2 Å². The van der Waals surface area contributed by atoms with E-state index in [1.54, 1.807) is 0 Å². The highest BCUT2D eigenvalue weighted by atomic mass is 79.9. The predicted molar refractivity (Wildman–Crippen MR) is 79.1 cm³/mol. The number of nitrogens with one attached hydrogen (secondary N) is 1. The first-order valence-electron chi connectivity index (χ1n) is 5.74. The summed E-state index contributed by atoms with van der Waals surface area (Å²) >= 11 is 4.87. The van der Waals surface area contributed by atoms with Gasteiger partial charge in [-0.15, -0.1) is 11.3 Å². The van der Waals surface area contributed by atoms with Crippen molar-refractivity contribution in [1.29, 1.82) is 0 Å². The summed E-state index contributed by atoms with van der Waals surface area (Å²) in [5, 5.41) is 4.92. The molecule has 2 aromatic rings. The molecule has 0 saturated heterocycles. The van der Waals surface area contributed by atoms with Gasteiger partial charge in [0.15, 0.2) is 0 Å². The van der Waals surface area contributed by atoms with Gasteiger partial charge in [0.25, 0.3) is 5.91 Å². The first-order chi connectivity index (χ1) is 8.65. The molecule has 4 heteroatoms. The van der Waals surface area contributed by atoms with E-state index < -0.39 is 0 Å². The lowest BCUT2D eigenvalue weighted by Gasteiger charge is -2.13. The van der Waals surface area contributed by atoms with Gasteiger partial charge in [-0.25, -0.2) is 0 Å². The molecule has 0 aliphatic carbocycles. The number of rotatable bonds is 4. The van der Waals surface area contributed by atoms with Gasteiger partial charge in [0.1, 0.15) is 0 Å². The summed E-state index contributed by atoms with van der Waals surface area (Å²) in [4.78, 5) is 12.6. The molecule has 0 radical (unpaired) electrons. The van der Waals surface area contributed by atoms with Crippen molar-refractivity contribution < 1.29 is 4.79 Å². The molecule has 0 bridgehead atoms. The first-order valence-corrected chi connectivity index (χ1v) is 7.41. The standard InChI is InChI=1S/C14H14BrNOS/c1-10(9-11-4-6-12(15)7-5-11)16-14(17)13-3-2-8-18-13/h2-8,10H,9H2,1H3,(H,16,17)/t10-/m0/s1. The normalized spacial score (nSPS) is 12.1. The Hall–Kier alpha value is -1.13. The Bertz CT molecular complexity index is 507. The van der Waals surface area contributed by atoms with E-state index in [0.29, 0.717) is 0 Å². The SMILES string of the molecule is C[C@@H](Cc1ccc(Br)cc1)NC(=O)c1cccs1. The topological polar surface area (TPSA) is 29.1 Å². The summed E-state index contributed by atoms with van der Waals surface area (Å²) in [5.74, 6) is 0.00890. The molecule has 1 amide bonds. The minimum Gasteiger partial charge on any atom is -0.349 e. The van der Waals surface area contributed by atoms with Gasteiger partial charge in [-0.2, -0.15) is 0 Å². The summed E-state index contributed by atoms with van der Waals surface area (Å²) in [5.41, 5.74) is 1.22. The summed E-state index contributed by atoms with van der Waals surface area (Å²) in [6, 6.07) is 12.0. The molecular formula is C14H14BrNOS. The molecule has 1 aromatic carbocycles. The van der Waals surface area contributed by atoms with Gasteiger partial charge in [0.2, 0.25) is 0 Å². The Kier molecular flexibility index (Phi) is 4.55. The van der Waals surface area contributed by atoms with Gasteiger partial charge < -0.3 is 5.32 Å². The van der Waals surface area contributed by atoms with Crippen LogP contribution in [0.15, 0.2) is 46.3 Å². The van der Waals surface area contributed by atoms with Gasteiger partial charge in [0.05, 0.1) is 4.88 Å². The van der Waals surface area contributed by atoms with Gasteiger partial charge in [-0.3, -0.25) is 4.79 Å². The molecule has 18 heavy (non-hydrogen) atoms. The third-order valence-electron chi connectivity index (χ3n) is 2.58. The second kappa shape index (κ2) is 6.16. The largest absolute Gasteiger partial charge is 0.349 e. The number of thiophene rings is 1. The third-order valence-corrected chi connectivity index (χ3v) is 3.97. The Morgan fingerprint density at radius 1 is 1.33 bits per heavy atom. The Morgan fingerprint density at radius 3 is 2.67 bits per heavy atom. The number of carbonyl (C=O) groups is 1. The van der Waals surface area contributed by atoms with Crippen molar-refractivity contribution in [3.8, 4) is 0 Å². The summed E-state index contributed by atoms with van der Waals surface area (Å²) < 4.78 is 1.07. The van der Waals surface area contributed by atoms with Crippen LogP contribution in [0.25, 0.3) is 0 Å². The summed E-state index contributed by atoms with van der Waals surface area (Å²) in [7, 11) is 0. The average Bonchev–Trinajstić information content (AvgIpc) is 2.85. The van der Waals surface area contributed by atoms with Crippen LogP contribution in [-0.4, -0.2) is 11.9 Å². The second-order valence-electron chi connectivity index (χ2n) is 4.18. The fourth-order valence-electron chi connectivity index (χ4n) is 1.73. The lowest BCUT2D eigenvalue weighted by molar-refractivity contribution is 0.0944. The minimum atomic E-state index is 0.00890. The second-order valence-corrected chi connectivity index (χ2v) is 6.05. The Labute approximate surface area is 119 Å². The maximum atomic E-state index is 11.9. The van der Waals surface area contributed by atoms with E-state index in [1.807, 2.05) is 36.6 Å². The highest BCUT2D eigenvalue weighted by molar-refractivity contribution is 9.10. The van der Waals surface area contributed by atoms with Crippen LogP contribution >= 0.6 is 27.3 Å². The fourth-order valence-corrected chi connectivity index (χ4v) is 2.62. The van der Waals surface area contributed by atoms with Gasteiger partial charge >= 0.3 is 0 Å². The molecule has 94 valence electrons. The molecule has 0 spiro atoms. The number of carbonyl (C=O) groups excluding carboxylic acids is 1. The van der Waals surface area contributed by atoms with Crippen LogP contribution in [-0.2, 0) is 6.42 Å². The quantitative estimate of drug-likeness (QED) is 0.909. The molecule has 1 heterocycles. The van der Waals surface area contributed by atoms with Gasteiger partial charge in [-0.05, 0) is 42.5 Å². The minimum absolute atomic E-state index is 0.00890. The number of halogens is 1. The zero-order valence-corrected chi connectivity index (χ0v) is 12.4. The highest BCUT2D eigenvalue weighted by Crippen LogP contribution is 2.13.